The molecule has 1 aromatic rings. The molecule has 0 bridgehead atoms. The first-order valence-corrected chi connectivity index (χ1v) is 6.93. The van der Waals surface area contributed by atoms with Gasteiger partial charge >= 0.3 is 0 Å². The van der Waals surface area contributed by atoms with Crippen molar-refractivity contribution in [2.45, 2.75) is 25.3 Å². The molecule has 1 N–H and O–H groups in total. The number of halogens is 1. The average Bonchev–Trinajstić information content (AvgIpc) is 2.37. The second kappa shape index (κ2) is 6.47. The molecule has 17 heavy (non-hydrogen) atoms. The molecule has 0 aliphatic carbocycles. The highest BCUT2D eigenvalue weighted by Gasteiger charge is 2.22. The third-order valence-corrected chi connectivity index (χ3v) is 3.86. The minimum atomic E-state index is 0.523. The molecule has 94 valence electrons. The summed E-state index contributed by atoms with van der Waals surface area (Å²) in [5.41, 5.74) is 1.28. The topological polar surface area (TPSA) is 34.2 Å². The van der Waals surface area contributed by atoms with Gasteiger partial charge in [-0.3, -0.25) is 4.98 Å². The fraction of sp³-hybridized carbons (Fsp3) is 0.615. The minimum absolute atomic E-state index is 0.523. The maximum Gasteiger partial charge on any atom is 0.0469 e. The minimum Gasteiger partial charge on any atom is -0.381 e. The van der Waals surface area contributed by atoms with Gasteiger partial charge in [0.15, 0.2) is 0 Å². The van der Waals surface area contributed by atoms with Crippen LogP contribution in [0.1, 0.15) is 18.4 Å². The lowest BCUT2D eigenvalue weighted by Crippen LogP contribution is -2.38. The van der Waals surface area contributed by atoms with E-state index in [2.05, 4.69) is 32.3 Å². The van der Waals surface area contributed by atoms with Crippen LogP contribution in [0, 0.1) is 5.92 Å². The van der Waals surface area contributed by atoms with E-state index in [1.165, 1.54) is 5.56 Å². The van der Waals surface area contributed by atoms with Gasteiger partial charge in [0.25, 0.3) is 0 Å². The molecule has 0 saturated carbocycles. The Kier molecular flexibility index (Phi) is 4.95. The summed E-state index contributed by atoms with van der Waals surface area (Å²) in [6.07, 6.45) is 7.13. The smallest absolute Gasteiger partial charge is 0.0469 e. The molecule has 1 aromatic heterocycles. The van der Waals surface area contributed by atoms with Gasteiger partial charge in [-0.2, -0.15) is 0 Å². The Hall–Kier alpha value is -0.450. The van der Waals surface area contributed by atoms with Crippen LogP contribution >= 0.6 is 15.9 Å². The third kappa shape index (κ3) is 3.76. The Balaban J connectivity index is 1.98. The van der Waals surface area contributed by atoms with E-state index >= 15 is 0 Å². The Labute approximate surface area is 111 Å². The molecule has 2 rings (SSSR count). The fourth-order valence-corrected chi connectivity index (χ4v) is 2.86. The second-order valence-corrected chi connectivity index (χ2v) is 5.48. The molecule has 1 unspecified atom stereocenters. The van der Waals surface area contributed by atoms with Gasteiger partial charge in [-0.25, -0.2) is 0 Å². The normalized spacial score (nSPS) is 19.2. The zero-order valence-corrected chi connectivity index (χ0v) is 11.7. The summed E-state index contributed by atoms with van der Waals surface area (Å²) in [7, 11) is 2.05. The number of hydrogen-bond donors (Lipinski definition) is 1. The van der Waals surface area contributed by atoms with Crippen molar-refractivity contribution in [3.63, 3.8) is 0 Å². The SMILES string of the molecule is CNC(Cc1cncc(Br)c1)C1CCOCC1. The first kappa shape index (κ1) is 13.0. The van der Waals surface area contributed by atoms with Crippen LogP contribution in [0.25, 0.3) is 0 Å². The van der Waals surface area contributed by atoms with Gasteiger partial charge in [0, 0.05) is 36.1 Å². The van der Waals surface area contributed by atoms with E-state index in [0.29, 0.717) is 12.0 Å². The number of nitrogens with one attached hydrogen (secondary N) is 1. The Morgan fingerprint density at radius 2 is 2.24 bits per heavy atom. The lowest BCUT2D eigenvalue weighted by Gasteiger charge is -2.30. The molecule has 0 spiro atoms. The van der Waals surface area contributed by atoms with Gasteiger partial charge in [0.2, 0.25) is 0 Å². The molecule has 1 fully saturated rings. The Morgan fingerprint density at radius 3 is 2.88 bits per heavy atom. The molecule has 0 amide bonds. The van der Waals surface area contributed by atoms with Crippen molar-refractivity contribution in [3.05, 3.63) is 28.5 Å². The predicted molar refractivity (Wildman–Crippen MR) is 72.0 cm³/mol. The fourth-order valence-electron chi connectivity index (χ4n) is 2.44. The number of rotatable bonds is 4. The van der Waals surface area contributed by atoms with Crippen LogP contribution in [0.2, 0.25) is 0 Å². The molecular formula is C13H19BrN2O. The maximum absolute atomic E-state index is 5.42. The molecule has 1 atom stereocenters. The van der Waals surface area contributed by atoms with Crippen LogP contribution in [-0.2, 0) is 11.2 Å². The highest BCUT2D eigenvalue weighted by atomic mass is 79.9. The third-order valence-electron chi connectivity index (χ3n) is 3.42. The van der Waals surface area contributed by atoms with Crippen molar-refractivity contribution >= 4 is 15.9 Å². The van der Waals surface area contributed by atoms with Crippen molar-refractivity contribution in [1.82, 2.24) is 10.3 Å². The van der Waals surface area contributed by atoms with Crippen LogP contribution in [0.4, 0.5) is 0 Å². The molecule has 1 saturated heterocycles. The number of hydrogen-bond acceptors (Lipinski definition) is 3. The van der Waals surface area contributed by atoms with E-state index in [-0.39, 0.29) is 0 Å². The Morgan fingerprint density at radius 1 is 1.47 bits per heavy atom. The van der Waals surface area contributed by atoms with E-state index in [9.17, 15) is 0 Å². The Bertz CT molecular complexity index is 353. The van der Waals surface area contributed by atoms with Crippen LogP contribution < -0.4 is 5.32 Å². The molecule has 0 aromatic carbocycles. The van der Waals surface area contributed by atoms with Crippen LogP contribution in [0.15, 0.2) is 22.9 Å². The van der Waals surface area contributed by atoms with Crippen molar-refractivity contribution in [2.24, 2.45) is 5.92 Å². The second-order valence-electron chi connectivity index (χ2n) is 4.56. The molecular weight excluding hydrogens is 280 g/mol. The molecule has 1 aliphatic rings. The summed E-state index contributed by atoms with van der Waals surface area (Å²) in [5, 5.41) is 3.44. The highest BCUT2D eigenvalue weighted by Crippen LogP contribution is 2.22. The van der Waals surface area contributed by atoms with Crippen molar-refractivity contribution < 1.29 is 4.74 Å². The molecule has 2 heterocycles. The van der Waals surface area contributed by atoms with Crippen molar-refractivity contribution in [2.75, 3.05) is 20.3 Å². The summed E-state index contributed by atoms with van der Waals surface area (Å²) in [5.74, 6) is 0.715. The van der Waals surface area contributed by atoms with Gasteiger partial charge in [0.1, 0.15) is 0 Å². The molecule has 0 radical (unpaired) electrons. The first-order chi connectivity index (χ1) is 8.29. The quantitative estimate of drug-likeness (QED) is 0.927. The van der Waals surface area contributed by atoms with Crippen LogP contribution in [-0.4, -0.2) is 31.3 Å². The van der Waals surface area contributed by atoms with Crippen molar-refractivity contribution in [3.8, 4) is 0 Å². The van der Waals surface area contributed by atoms with Crippen LogP contribution in [0.3, 0.4) is 0 Å². The number of likely N-dealkylation sites (N-methyl/N-ethyl adjacent to an activating group) is 1. The summed E-state index contributed by atoms with van der Waals surface area (Å²) < 4.78 is 6.47. The largest absolute Gasteiger partial charge is 0.381 e. The van der Waals surface area contributed by atoms with Gasteiger partial charge in [-0.1, -0.05) is 0 Å². The number of aromatic nitrogens is 1. The van der Waals surface area contributed by atoms with Gasteiger partial charge < -0.3 is 10.1 Å². The van der Waals surface area contributed by atoms with Gasteiger partial charge in [0.05, 0.1) is 0 Å². The zero-order valence-electron chi connectivity index (χ0n) is 10.2. The van der Waals surface area contributed by atoms with E-state index in [1.54, 1.807) is 0 Å². The predicted octanol–water partition coefficient (Wildman–Crippen LogP) is 2.40. The summed E-state index contributed by atoms with van der Waals surface area (Å²) >= 11 is 3.47. The molecule has 1 aliphatic heterocycles. The number of pyridine rings is 1. The van der Waals surface area contributed by atoms with Gasteiger partial charge in [-0.15, -0.1) is 0 Å². The number of nitrogens with zero attached hydrogens (tertiary/aromatic N) is 1. The van der Waals surface area contributed by atoms with Crippen molar-refractivity contribution in [1.29, 1.82) is 0 Å². The summed E-state index contributed by atoms with van der Waals surface area (Å²) in [6, 6.07) is 2.67. The highest BCUT2D eigenvalue weighted by molar-refractivity contribution is 9.10. The van der Waals surface area contributed by atoms with E-state index in [1.807, 2.05) is 19.4 Å². The van der Waals surface area contributed by atoms with E-state index in [4.69, 9.17) is 4.74 Å². The average molecular weight is 299 g/mol. The monoisotopic (exact) mass is 298 g/mol. The van der Waals surface area contributed by atoms with Gasteiger partial charge in [-0.05, 0) is 59.8 Å². The van der Waals surface area contributed by atoms with E-state index in [0.717, 1.165) is 36.9 Å². The summed E-state index contributed by atoms with van der Waals surface area (Å²) in [6.45, 7) is 1.80. The maximum atomic E-state index is 5.42. The molecule has 3 nitrogen and oxygen atoms in total. The molecule has 4 heteroatoms. The number of ether oxygens (including phenoxy) is 1. The first-order valence-electron chi connectivity index (χ1n) is 6.14. The zero-order chi connectivity index (χ0) is 12.1. The summed E-state index contributed by atoms with van der Waals surface area (Å²) in [4.78, 5) is 4.22. The lowest BCUT2D eigenvalue weighted by molar-refractivity contribution is 0.0547. The van der Waals surface area contributed by atoms with Crippen LogP contribution in [0.5, 0.6) is 0 Å². The standard InChI is InChI=1S/C13H19BrN2O/c1-15-13(11-2-4-17-5-3-11)7-10-6-12(14)9-16-8-10/h6,8-9,11,13,15H,2-5,7H2,1H3. The lowest BCUT2D eigenvalue weighted by atomic mass is 9.88. The van der Waals surface area contributed by atoms with E-state index < -0.39 is 0 Å².